The molecule has 0 bridgehead atoms. The van der Waals surface area contributed by atoms with Crippen molar-refractivity contribution < 1.29 is 9.53 Å². The highest BCUT2D eigenvalue weighted by Gasteiger charge is 2.57. The zero-order valence-electron chi connectivity index (χ0n) is 17.2. The van der Waals surface area contributed by atoms with Gasteiger partial charge in [-0.05, 0) is 18.4 Å². The van der Waals surface area contributed by atoms with E-state index in [-0.39, 0.29) is 18.2 Å². The fourth-order valence-corrected chi connectivity index (χ4v) is 5.19. The SMILES string of the molecule is O=C1N2[C@@H](CC[C@H]2c2ccccc2)OC12CCN(c1cc(-n3ccnc3)ncn1)CC2. The second-order valence-corrected chi connectivity index (χ2v) is 8.47. The highest BCUT2D eigenvalue weighted by molar-refractivity contribution is 5.88. The molecule has 0 aliphatic carbocycles. The number of hydrogen-bond acceptors (Lipinski definition) is 6. The van der Waals surface area contributed by atoms with E-state index in [0.29, 0.717) is 12.8 Å². The van der Waals surface area contributed by atoms with Gasteiger partial charge in [0.2, 0.25) is 0 Å². The molecule has 31 heavy (non-hydrogen) atoms. The molecule has 3 aromatic rings. The Kier molecular flexibility index (Phi) is 4.27. The molecule has 0 radical (unpaired) electrons. The van der Waals surface area contributed by atoms with Crippen LogP contribution in [0.15, 0.2) is 61.4 Å². The van der Waals surface area contributed by atoms with Gasteiger partial charge in [0.1, 0.15) is 30.5 Å². The molecule has 0 N–H and O–H groups in total. The van der Waals surface area contributed by atoms with Crippen molar-refractivity contribution in [3.05, 3.63) is 67.0 Å². The molecule has 2 atom stereocenters. The second kappa shape index (κ2) is 7.16. The average molecular weight is 416 g/mol. The third-order valence-electron chi connectivity index (χ3n) is 6.81. The van der Waals surface area contributed by atoms with Gasteiger partial charge in [0.15, 0.2) is 5.60 Å². The first-order valence-electron chi connectivity index (χ1n) is 10.8. The molecule has 8 nitrogen and oxygen atoms in total. The highest BCUT2D eigenvalue weighted by Crippen LogP contribution is 2.47. The Bertz CT molecular complexity index is 1080. The van der Waals surface area contributed by atoms with Crippen LogP contribution >= 0.6 is 0 Å². The number of fused-ring (bicyclic) bond motifs is 1. The van der Waals surface area contributed by atoms with E-state index in [1.54, 1.807) is 18.9 Å². The first-order valence-corrected chi connectivity index (χ1v) is 10.8. The van der Waals surface area contributed by atoms with Gasteiger partial charge in [-0.25, -0.2) is 15.0 Å². The summed E-state index contributed by atoms with van der Waals surface area (Å²) in [5, 5.41) is 0. The number of rotatable bonds is 3. The molecule has 1 spiro atoms. The van der Waals surface area contributed by atoms with E-state index < -0.39 is 5.60 Å². The van der Waals surface area contributed by atoms with Crippen molar-refractivity contribution in [3.8, 4) is 5.82 Å². The number of aromatic nitrogens is 4. The Labute approximate surface area is 180 Å². The normalized spacial score (nSPS) is 24.7. The molecular formula is C23H24N6O2. The maximum atomic E-state index is 13.5. The second-order valence-electron chi connectivity index (χ2n) is 8.47. The van der Waals surface area contributed by atoms with E-state index in [2.05, 4.69) is 32.0 Å². The van der Waals surface area contributed by atoms with Gasteiger partial charge in [-0.15, -0.1) is 0 Å². The minimum Gasteiger partial charge on any atom is -0.356 e. The van der Waals surface area contributed by atoms with E-state index in [1.807, 2.05) is 39.9 Å². The Hall–Kier alpha value is -3.26. The standard InChI is InChI=1S/C23H24N6O2/c30-22-23(31-21-7-6-18(29(21)22)17-4-2-1-3-5-17)8-11-27(12-9-23)19-14-20(26-15-25-19)28-13-10-24-16-28/h1-5,10,13-16,18,21H,6-9,11-12H2/t18-,21+/m0/s1. The smallest absolute Gasteiger partial charge is 0.257 e. The molecule has 3 aliphatic rings. The number of imidazole rings is 1. The first kappa shape index (κ1) is 18.5. The Morgan fingerprint density at radius 3 is 2.61 bits per heavy atom. The van der Waals surface area contributed by atoms with Gasteiger partial charge < -0.3 is 14.5 Å². The monoisotopic (exact) mass is 416 g/mol. The van der Waals surface area contributed by atoms with Crippen LogP contribution in [-0.2, 0) is 9.53 Å². The molecular weight excluding hydrogens is 392 g/mol. The number of anilines is 1. The fraction of sp³-hybridized carbons (Fsp3) is 0.391. The van der Waals surface area contributed by atoms with Gasteiger partial charge >= 0.3 is 0 Å². The van der Waals surface area contributed by atoms with Crippen molar-refractivity contribution in [1.29, 1.82) is 0 Å². The topological polar surface area (TPSA) is 76.4 Å². The summed E-state index contributed by atoms with van der Waals surface area (Å²) in [4.78, 5) is 30.6. The number of carbonyl (C=O) groups is 1. The van der Waals surface area contributed by atoms with Gasteiger partial charge in [-0.1, -0.05) is 30.3 Å². The maximum Gasteiger partial charge on any atom is 0.257 e. The lowest BCUT2D eigenvalue weighted by molar-refractivity contribution is -0.140. The summed E-state index contributed by atoms with van der Waals surface area (Å²) >= 11 is 0. The van der Waals surface area contributed by atoms with Crippen molar-refractivity contribution in [2.45, 2.75) is 43.6 Å². The zero-order chi connectivity index (χ0) is 20.8. The number of carbonyl (C=O) groups excluding carboxylic acids is 1. The number of hydrogen-bond donors (Lipinski definition) is 0. The van der Waals surface area contributed by atoms with Crippen LogP contribution in [0.4, 0.5) is 5.82 Å². The van der Waals surface area contributed by atoms with Gasteiger partial charge in [0.05, 0.1) is 6.04 Å². The van der Waals surface area contributed by atoms with E-state index in [4.69, 9.17) is 4.74 Å². The minimum atomic E-state index is -0.700. The van der Waals surface area contributed by atoms with Crippen LogP contribution in [-0.4, -0.2) is 55.2 Å². The lowest BCUT2D eigenvalue weighted by Crippen LogP contribution is -2.50. The van der Waals surface area contributed by atoms with E-state index >= 15 is 0 Å². The summed E-state index contributed by atoms with van der Waals surface area (Å²) in [7, 11) is 0. The third kappa shape index (κ3) is 3.01. The van der Waals surface area contributed by atoms with Crippen LogP contribution in [0, 0.1) is 0 Å². The van der Waals surface area contributed by atoms with Crippen molar-refractivity contribution in [1.82, 2.24) is 24.4 Å². The summed E-state index contributed by atoms with van der Waals surface area (Å²) < 4.78 is 8.31. The maximum absolute atomic E-state index is 13.5. The van der Waals surface area contributed by atoms with Gasteiger partial charge in [-0.3, -0.25) is 9.36 Å². The van der Waals surface area contributed by atoms with Crippen molar-refractivity contribution >= 4 is 11.7 Å². The number of nitrogens with zero attached hydrogens (tertiary/aromatic N) is 6. The molecule has 3 aliphatic heterocycles. The number of amides is 1. The molecule has 6 rings (SSSR count). The molecule has 158 valence electrons. The van der Waals surface area contributed by atoms with E-state index in [1.165, 1.54) is 5.56 Å². The Morgan fingerprint density at radius 1 is 1.03 bits per heavy atom. The molecule has 8 heteroatoms. The predicted octanol–water partition coefficient (Wildman–Crippen LogP) is 2.72. The highest BCUT2D eigenvalue weighted by atomic mass is 16.6. The largest absolute Gasteiger partial charge is 0.356 e. The molecule has 0 unspecified atom stereocenters. The third-order valence-corrected chi connectivity index (χ3v) is 6.81. The molecule has 3 fully saturated rings. The summed E-state index contributed by atoms with van der Waals surface area (Å²) in [6.45, 7) is 1.45. The Morgan fingerprint density at radius 2 is 1.84 bits per heavy atom. The van der Waals surface area contributed by atoms with Crippen molar-refractivity contribution in [2.24, 2.45) is 0 Å². The fourth-order valence-electron chi connectivity index (χ4n) is 5.19. The predicted molar refractivity (Wildman–Crippen MR) is 113 cm³/mol. The van der Waals surface area contributed by atoms with Crippen LogP contribution < -0.4 is 4.90 Å². The van der Waals surface area contributed by atoms with Crippen LogP contribution in [0.25, 0.3) is 5.82 Å². The minimum absolute atomic E-state index is 0.101. The van der Waals surface area contributed by atoms with Crippen LogP contribution in [0.5, 0.6) is 0 Å². The lowest BCUT2D eigenvalue weighted by atomic mass is 9.89. The number of piperidine rings is 1. The molecule has 5 heterocycles. The first-order chi connectivity index (χ1) is 15.2. The molecule has 2 aromatic heterocycles. The van der Waals surface area contributed by atoms with Crippen LogP contribution in [0.1, 0.15) is 37.3 Å². The summed E-state index contributed by atoms with van der Waals surface area (Å²) in [6.07, 6.45) is 9.98. The van der Waals surface area contributed by atoms with E-state index in [0.717, 1.165) is 37.6 Å². The van der Waals surface area contributed by atoms with Gasteiger partial charge in [-0.2, -0.15) is 0 Å². The number of benzene rings is 1. The van der Waals surface area contributed by atoms with Crippen molar-refractivity contribution in [2.75, 3.05) is 18.0 Å². The molecule has 1 amide bonds. The number of ether oxygens (including phenoxy) is 1. The van der Waals surface area contributed by atoms with Crippen LogP contribution in [0.3, 0.4) is 0 Å². The van der Waals surface area contributed by atoms with Crippen molar-refractivity contribution in [3.63, 3.8) is 0 Å². The summed E-state index contributed by atoms with van der Waals surface area (Å²) in [5.41, 5.74) is 0.499. The summed E-state index contributed by atoms with van der Waals surface area (Å²) in [6, 6.07) is 12.4. The van der Waals surface area contributed by atoms with Gasteiger partial charge in [0, 0.05) is 44.4 Å². The van der Waals surface area contributed by atoms with Crippen LogP contribution in [0.2, 0.25) is 0 Å². The van der Waals surface area contributed by atoms with Gasteiger partial charge in [0.25, 0.3) is 5.91 Å². The summed E-state index contributed by atoms with van der Waals surface area (Å²) in [5.74, 6) is 1.80. The average Bonchev–Trinajstić information content (AvgIpc) is 3.55. The zero-order valence-corrected chi connectivity index (χ0v) is 17.2. The Balaban J connectivity index is 1.19. The lowest BCUT2D eigenvalue weighted by Gasteiger charge is -2.38. The quantitative estimate of drug-likeness (QED) is 0.654. The molecule has 1 aromatic carbocycles. The molecule has 3 saturated heterocycles. The molecule has 0 saturated carbocycles. The van der Waals surface area contributed by atoms with E-state index in [9.17, 15) is 4.79 Å².